The minimum atomic E-state index is -3.66. The lowest BCUT2D eigenvalue weighted by molar-refractivity contribution is 0.601. The van der Waals surface area contributed by atoms with Gasteiger partial charge >= 0.3 is 0 Å². The molecule has 2 rings (SSSR count). The Labute approximate surface area is 123 Å². The van der Waals surface area contributed by atoms with Crippen molar-refractivity contribution in [3.63, 3.8) is 0 Å². The molecule has 0 aliphatic carbocycles. The van der Waals surface area contributed by atoms with Crippen LogP contribution < -0.4 is 4.72 Å². The monoisotopic (exact) mass is 311 g/mol. The molecule has 1 aromatic carbocycles. The summed E-state index contributed by atoms with van der Waals surface area (Å²) in [6.45, 7) is 2.07. The molecule has 0 bridgehead atoms. The van der Waals surface area contributed by atoms with Crippen LogP contribution in [-0.4, -0.2) is 18.4 Å². The zero-order valence-corrected chi connectivity index (χ0v) is 12.4. The molecule has 0 amide bonds. The largest absolute Gasteiger partial charge is 0.263 e. The molecule has 0 atom stereocenters. The topological polar surface area (TPSA) is 72.0 Å². The van der Waals surface area contributed by atoms with E-state index >= 15 is 0 Å². The van der Waals surface area contributed by atoms with Crippen molar-refractivity contribution in [2.24, 2.45) is 0 Å². The quantitative estimate of drug-likeness (QED) is 0.862. The van der Waals surface area contributed by atoms with E-state index in [1.165, 1.54) is 12.4 Å². The molecule has 0 fully saturated rings. The third-order valence-electron chi connectivity index (χ3n) is 2.64. The summed E-state index contributed by atoms with van der Waals surface area (Å²) in [5, 5.41) is 0.177. The summed E-state index contributed by atoms with van der Waals surface area (Å²) in [5.41, 5.74) is 1.11. The summed E-state index contributed by atoms with van der Waals surface area (Å²) in [6, 6.07) is 8.13. The van der Waals surface area contributed by atoms with E-state index in [1.807, 2.05) is 12.1 Å². The lowest BCUT2D eigenvalue weighted by Crippen LogP contribution is -2.14. The average Bonchev–Trinajstić information content (AvgIpc) is 2.39. The van der Waals surface area contributed by atoms with Gasteiger partial charge in [0.25, 0.3) is 10.0 Å². The van der Waals surface area contributed by atoms with Crippen molar-refractivity contribution in [1.82, 2.24) is 9.97 Å². The Morgan fingerprint density at radius 2 is 1.90 bits per heavy atom. The standard InChI is InChI=1S/C13H14ClN3O2S/c1-2-3-10-4-6-11(7-5-10)20(18,19)17-13-8-12(14)15-9-16-13/h4-9H,2-3H2,1H3,(H,15,16,17). The van der Waals surface area contributed by atoms with Gasteiger partial charge in [0.2, 0.25) is 0 Å². The van der Waals surface area contributed by atoms with Crippen LogP contribution in [0.25, 0.3) is 0 Å². The first-order chi connectivity index (χ1) is 9.51. The summed E-state index contributed by atoms with van der Waals surface area (Å²) in [7, 11) is -3.66. The number of aromatic nitrogens is 2. The van der Waals surface area contributed by atoms with Gasteiger partial charge in [0.1, 0.15) is 17.3 Å². The van der Waals surface area contributed by atoms with Crippen molar-refractivity contribution in [2.45, 2.75) is 24.7 Å². The van der Waals surface area contributed by atoms with Gasteiger partial charge in [-0.3, -0.25) is 4.72 Å². The molecule has 0 saturated carbocycles. The fourth-order valence-electron chi connectivity index (χ4n) is 1.71. The van der Waals surface area contributed by atoms with Crippen LogP contribution in [0.5, 0.6) is 0 Å². The van der Waals surface area contributed by atoms with E-state index in [4.69, 9.17) is 11.6 Å². The van der Waals surface area contributed by atoms with Crippen LogP contribution >= 0.6 is 11.6 Å². The van der Waals surface area contributed by atoms with Gasteiger partial charge in [-0.05, 0) is 24.1 Å². The first-order valence-corrected chi connectivity index (χ1v) is 7.96. The minimum absolute atomic E-state index is 0.141. The lowest BCUT2D eigenvalue weighted by atomic mass is 10.1. The maximum Gasteiger partial charge on any atom is 0.263 e. The summed E-state index contributed by atoms with van der Waals surface area (Å²) in [4.78, 5) is 7.69. The van der Waals surface area contributed by atoms with Crippen LogP contribution in [0.3, 0.4) is 0 Å². The highest BCUT2D eigenvalue weighted by Gasteiger charge is 2.14. The number of nitrogens with one attached hydrogen (secondary N) is 1. The number of halogens is 1. The highest BCUT2D eigenvalue weighted by Crippen LogP contribution is 2.17. The first kappa shape index (κ1) is 14.7. The molecule has 20 heavy (non-hydrogen) atoms. The van der Waals surface area contributed by atoms with Crippen molar-refractivity contribution < 1.29 is 8.42 Å². The molecular formula is C13H14ClN3O2S. The van der Waals surface area contributed by atoms with Gasteiger partial charge < -0.3 is 0 Å². The summed E-state index contributed by atoms with van der Waals surface area (Å²) >= 11 is 5.69. The number of rotatable bonds is 5. The van der Waals surface area contributed by atoms with Crippen LogP contribution in [-0.2, 0) is 16.4 Å². The Hall–Kier alpha value is -1.66. The fraction of sp³-hybridized carbons (Fsp3) is 0.231. The van der Waals surface area contributed by atoms with Gasteiger partial charge in [-0.2, -0.15) is 0 Å². The number of nitrogens with zero attached hydrogens (tertiary/aromatic N) is 2. The molecule has 1 N–H and O–H groups in total. The Kier molecular flexibility index (Phi) is 4.57. The van der Waals surface area contributed by atoms with Gasteiger partial charge in [0.15, 0.2) is 0 Å². The maximum atomic E-state index is 12.2. The van der Waals surface area contributed by atoms with Gasteiger partial charge in [-0.25, -0.2) is 18.4 Å². The van der Waals surface area contributed by atoms with E-state index in [1.54, 1.807) is 12.1 Å². The van der Waals surface area contributed by atoms with E-state index < -0.39 is 10.0 Å². The van der Waals surface area contributed by atoms with Crippen molar-refractivity contribution >= 4 is 27.4 Å². The first-order valence-electron chi connectivity index (χ1n) is 6.10. The average molecular weight is 312 g/mol. The Bertz CT molecular complexity index is 687. The fourth-order valence-corrected chi connectivity index (χ4v) is 2.86. The molecule has 0 aliphatic rings. The van der Waals surface area contributed by atoms with Crippen molar-refractivity contribution in [3.05, 3.63) is 47.4 Å². The summed E-state index contributed by atoms with van der Waals surface area (Å²) in [6.07, 6.45) is 3.14. The van der Waals surface area contributed by atoms with Crippen LogP contribution in [0.2, 0.25) is 5.15 Å². The molecule has 0 spiro atoms. The third kappa shape index (κ3) is 3.68. The predicted octanol–water partition coefficient (Wildman–Crippen LogP) is 2.88. The molecule has 0 unspecified atom stereocenters. The van der Waals surface area contributed by atoms with E-state index in [9.17, 15) is 8.42 Å². The van der Waals surface area contributed by atoms with Gasteiger partial charge in [-0.15, -0.1) is 0 Å². The summed E-state index contributed by atoms with van der Waals surface area (Å²) < 4.78 is 26.7. The van der Waals surface area contributed by atoms with E-state index in [2.05, 4.69) is 21.6 Å². The number of hydrogen-bond acceptors (Lipinski definition) is 4. The van der Waals surface area contributed by atoms with E-state index in [0.29, 0.717) is 0 Å². The molecule has 5 nitrogen and oxygen atoms in total. The Balaban J connectivity index is 2.21. The highest BCUT2D eigenvalue weighted by molar-refractivity contribution is 7.92. The van der Waals surface area contributed by atoms with Crippen LogP contribution in [0.4, 0.5) is 5.82 Å². The molecule has 0 radical (unpaired) electrons. The Morgan fingerprint density at radius 1 is 1.20 bits per heavy atom. The molecule has 7 heteroatoms. The molecule has 0 aliphatic heterocycles. The van der Waals surface area contributed by atoms with Gasteiger partial charge in [0.05, 0.1) is 4.90 Å². The summed E-state index contributed by atoms with van der Waals surface area (Å²) in [5.74, 6) is 0.141. The van der Waals surface area contributed by atoms with E-state index in [-0.39, 0.29) is 15.9 Å². The minimum Gasteiger partial charge on any atom is -0.263 e. The van der Waals surface area contributed by atoms with E-state index in [0.717, 1.165) is 18.4 Å². The van der Waals surface area contributed by atoms with Crippen LogP contribution in [0.1, 0.15) is 18.9 Å². The molecule has 1 aromatic heterocycles. The second kappa shape index (κ2) is 6.19. The van der Waals surface area contributed by atoms with Crippen molar-refractivity contribution in [2.75, 3.05) is 4.72 Å². The number of aryl methyl sites for hydroxylation is 1. The SMILES string of the molecule is CCCc1ccc(S(=O)(=O)Nc2cc(Cl)ncn2)cc1. The predicted molar refractivity (Wildman–Crippen MR) is 78.3 cm³/mol. The number of hydrogen-bond donors (Lipinski definition) is 1. The molecule has 106 valence electrons. The number of sulfonamides is 1. The number of benzene rings is 1. The molecular weight excluding hydrogens is 298 g/mol. The van der Waals surface area contributed by atoms with Crippen LogP contribution in [0.15, 0.2) is 41.6 Å². The zero-order chi connectivity index (χ0) is 14.6. The molecule has 2 aromatic rings. The smallest absolute Gasteiger partial charge is 0.263 e. The second-order valence-electron chi connectivity index (χ2n) is 4.23. The number of anilines is 1. The van der Waals surface area contributed by atoms with Crippen LogP contribution in [0, 0.1) is 0 Å². The zero-order valence-electron chi connectivity index (χ0n) is 10.9. The van der Waals surface area contributed by atoms with Gasteiger partial charge in [0, 0.05) is 6.07 Å². The van der Waals surface area contributed by atoms with Crippen molar-refractivity contribution in [3.8, 4) is 0 Å². The molecule has 1 heterocycles. The second-order valence-corrected chi connectivity index (χ2v) is 6.30. The normalized spacial score (nSPS) is 11.3. The van der Waals surface area contributed by atoms with Gasteiger partial charge in [-0.1, -0.05) is 37.1 Å². The lowest BCUT2D eigenvalue weighted by Gasteiger charge is -2.08. The molecule has 0 saturated heterocycles. The Morgan fingerprint density at radius 3 is 2.50 bits per heavy atom. The van der Waals surface area contributed by atoms with Crippen molar-refractivity contribution in [1.29, 1.82) is 0 Å². The maximum absolute atomic E-state index is 12.2. The third-order valence-corrected chi connectivity index (χ3v) is 4.22. The highest BCUT2D eigenvalue weighted by atomic mass is 35.5.